The van der Waals surface area contributed by atoms with Gasteiger partial charge in [0.25, 0.3) is 0 Å². The fraction of sp³-hybridized carbons (Fsp3) is 0.682. The van der Waals surface area contributed by atoms with Gasteiger partial charge in [-0.2, -0.15) is 0 Å². The third-order valence-electron chi connectivity index (χ3n) is 7.03. The van der Waals surface area contributed by atoms with Crippen LogP contribution in [-0.2, 0) is 11.3 Å². The van der Waals surface area contributed by atoms with Gasteiger partial charge >= 0.3 is 6.09 Å². The number of aliphatic hydroxyl groups is 1. The molecule has 3 aliphatic heterocycles. The smallest absolute Gasteiger partial charge is 0.409 e. The SMILES string of the molecule is CCOC(=O)N1CCC(N2CC3CN(Cc4ccccc4F)CC3(CO)C2)CC1. The number of nitrogens with zero attached hydrogens (tertiary/aromatic N) is 3. The molecule has 0 aromatic heterocycles. The van der Waals surface area contributed by atoms with Crippen LogP contribution >= 0.6 is 0 Å². The van der Waals surface area contributed by atoms with Crippen LogP contribution < -0.4 is 0 Å². The minimum Gasteiger partial charge on any atom is -0.450 e. The van der Waals surface area contributed by atoms with Crippen molar-refractivity contribution >= 4 is 6.09 Å². The van der Waals surface area contributed by atoms with E-state index in [9.17, 15) is 14.3 Å². The van der Waals surface area contributed by atoms with E-state index < -0.39 is 0 Å². The molecule has 1 N–H and O–H groups in total. The number of likely N-dealkylation sites (tertiary alicyclic amines) is 3. The highest BCUT2D eigenvalue weighted by Gasteiger charge is 2.53. The molecule has 29 heavy (non-hydrogen) atoms. The van der Waals surface area contributed by atoms with E-state index >= 15 is 0 Å². The van der Waals surface area contributed by atoms with Crippen molar-refractivity contribution in [3.05, 3.63) is 35.6 Å². The standard InChI is InChI=1S/C22H32FN3O3/c1-2-29-21(28)25-9-7-19(8-10-25)26-13-18-12-24(14-22(18,15-26)16-27)11-17-5-3-4-6-20(17)23/h3-6,18-19,27H,2,7-16H2,1H3. The zero-order valence-electron chi connectivity index (χ0n) is 17.2. The normalized spacial score (nSPS) is 28.7. The Morgan fingerprint density at radius 3 is 2.66 bits per heavy atom. The van der Waals surface area contributed by atoms with Gasteiger partial charge < -0.3 is 14.7 Å². The summed E-state index contributed by atoms with van der Waals surface area (Å²) in [5.41, 5.74) is 0.604. The van der Waals surface area contributed by atoms with E-state index in [0.29, 0.717) is 25.1 Å². The molecule has 160 valence electrons. The zero-order chi connectivity index (χ0) is 20.4. The molecule has 2 atom stereocenters. The first-order valence-corrected chi connectivity index (χ1v) is 10.8. The number of hydrogen-bond donors (Lipinski definition) is 1. The van der Waals surface area contributed by atoms with Crippen molar-refractivity contribution in [3.63, 3.8) is 0 Å². The summed E-state index contributed by atoms with van der Waals surface area (Å²) in [5.74, 6) is 0.250. The van der Waals surface area contributed by atoms with Gasteiger partial charge in [-0.1, -0.05) is 18.2 Å². The number of carbonyl (C=O) groups is 1. The first kappa shape index (κ1) is 20.6. The molecule has 0 saturated carbocycles. The van der Waals surface area contributed by atoms with Gasteiger partial charge in [-0.3, -0.25) is 9.80 Å². The lowest BCUT2D eigenvalue weighted by Crippen LogP contribution is -2.47. The number of hydrogen-bond acceptors (Lipinski definition) is 5. The molecule has 3 heterocycles. The number of benzene rings is 1. The van der Waals surface area contributed by atoms with Crippen molar-refractivity contribution < 1.29 is 19.0 Å². The van der Waals surface area contributed by atoms with E-state index in [2.05, 4.69) is 9.80 Å². The fourth-order valence-corrected chi connectivity index (χ4v) is 5.45. The third-order valence-corrected chi connectivity index (χ3v) is 7.03. The molecule has 3 aliphatic rings. The predicted molar refractivity (Wildman–Crippen MR) is 108 cm³/mol. The van der Waals surface area contributed by atoms with Gasteiger partial charge in [0.15, 0.2) is 0 Å². The molecule has 1 aromatic carbocycles. The minimum atomic E-state index is -0.208. The third kappa shape index (κ3) is 4.13. The van der Waals surface area contributed by atoms with Crippen LogP contribution in [0, 0.1) is 17.2 Å². The van der Waals surface area contributed by atoms with Gasteiger partial charge in [-0.05, 0) is 31.7 Å². The van der Waals surface area contributed by atoms with E-state index in [1.165, 1.54) is 6.07 Å². The second-order valence-electron chi connectivity index (χ2n) is 8.83. The summed E-state index contributed by atoms with van der Waals surface area (Å²) in [4.78, 5) is 18.5. The predicted octanol–water partition coefficient (Wildman–Crippen LogP) is 2.17. The van der Waals surface area contributed by atoms with Crippen LogP contribution in [0.25, 0.3) is 0 Å². The minimum absolute atomic E-state index is 0.121. The van der Waals surface area contributed by atoms with Crippen LogP contribution in [0.3, 0.4) is 0 Å². The largest absolute Gasteiger partial charge is 0.450 e. The lowest BCUT2D eigenvalue weighted by Gasteiger charge is -2.37. The van der Waals surface area contributed by atoms with Crippen LogP contribution in [0.15, 0.2) is 24.3 Å². The van der Waals surface area contributed by atoms with Crippen molar-refractivity contribution in [2.75, 3.05) is 52.5 Å². The van der Waals surface area contributed by atoms with Gasteiger partial charge in [0.1, 0.15) is 5.82 Å². The van der Waals surface area contributed by atoms with Crippen LogP contribution in [-0.4, -0.2) is 84.4 Å². The highest BCUT2D eigenvalue weighted by atomic mass is 19.1. The first-order chi connectivity index (χ1) is 14.0. The molecular weight excluding hydrogens is 373 g/mol. The van der Waals surface area contributed by atoms with E-state index in [-0.39, 0.29) is 23.9 Å². The Morgan fingerprint density at radius 1 is 1.24 bits per heavy atom. The second kappa shape index (κ2) is 8.58. The summed E-state index contributed by atoms with van der Waals surface area (Å²) >= 11 is 0. The van der Waals surface area contributed by atoms with Gasteiger partial charge in [0.2, 0.25) is 0 Å². The van der Waals surface area contributed by atoms with E-state index in [0.717, 1.165) is 57.7 Å². The van der Waals surface area contributed by atoms with Crippen LogP contribution in [0.2, 0.25) is 0 Å². The lowest BCUT2D eigenvalue weighted by atomic mass is 9.82. The Labute approximate surface area is 172 Å². The summed E-state index contributed by atoms with van der Waals surface area (Å²) in [5, 5.41) is 10.3. The van der Waals surface area contributed by atoms with E-state index in [4.69, 9.17) is 4.74 Å². The number of aliphatic hydroxyl groups excluding tert-OH is 1. The number of carbonyl (C=O) groups excluding carboxylic acids is 1. The molecule has 0 aliphatic carbocycles. The molecule has 6 nitrogen and oxygen atoms in total. The molecule has 0 bridgehead atoms. The van der Waals surface area contributed by atoms with Gasteiger partial charge in [-0.15, -0.1) is 0 Å². The number of piperidine rings is 1. The monoisotopic (exact) mass is 405 g/mol. The maximum absolute atomic E-state index is 14.0. The quantitative estimate of drug-likeness (QED) is 0.814. The molecule has 1 aromatic rings. The van der Waals surface area contributed by atoms with Gasteiger partial charge in [0, 0.05) is 62.8 Å². The van der Waals surface area contributed by atoms with Gasteiger partial charge in [-0.25, -0.2) is 9.18 Å². The number of ether oxygens (including phenoxy) is 1. The first-order valence-electron chi connectivity index (χ1n) is 10.8. The lowest BCUT2D eigenvalue weighted by molar-refractivity contribution is 0.0681. The topological polar surface area (TPSA) is 56.2 Å². The van der Waals surface area contributed by atoms with Crippen molar-refractivity contribution in [1.29, 1.82) is 0 Å². The Balaban J connectivity index is 1.33. The molecule has 3 saturated heterocycles. The van der Waals surface area contributed by atoms with Crippen LogP contribution in [0.5, 0.6) is 0 Å². The summed E-state index contributed by atoms with van der Waals surface area (Å²) in [6.07, 6.45) is 1.69. The average Bonchev–Trinajstić information content (AvgIpc) is 3.24. The average molecular weight is 406 g/mol. The van der Waals surface area contributed by atoms with Gasteiger partial charge in [0.05, 0.1) is 13.2 Å². The summed E-state index contributed by atoms with van der Waals surface area (Å²) in [7, 11) is 0. The fourth-order valence-electron chi connectivity index (χ4n) is 5.45. The molecule has 2 unspecified atom stereocenters. The Morgan fingerprint density at radius 2 is 2.00 bits per heavy atom. The van der Waals surface area contributed by atoms with Crippen LogP contribution in [0.1, 0.15) is 25.3 Å². The molecule has 0 radical (unpaired) electrons. The molecule has 7 heteroatoms. The summed E-state index contributed by atoms with van der Waals surface area (Å²) < 4.78 is 19.1. The number of halogens is 1. The Bertz CT molecular complexity index is 725. The van der Waals surface area contributed by atoms with Crippen molar-refractivity contribution in [2.24, 2.45) is 11.3 Å². The Kier molecular flexibility index (Phi) is 6.08. The Hall–Kier alpha value is -1.70. The maximum Gasteiger partial charge on any atom is 0.409 e. The second-order valence-corrected chi connectivity index (χ2v) is 8.83. The van der Waals surface area contributed by atoms with E-state index in [1.54, 1.807) is 11.0 Å². The van der Waals surface area contributed by atoms with Crippen LogP contribution in [0.4, 0.5) is 9.18 Å². The number of rotatable bonds is 5. The highest BCUT2D eigenvalue weighted by Crippen LogP contribution is 2.44. The van der Waals surface area contributed by atoms with Crippen molar-refractivity contribution in [1.82, 2.24) is 14.7 Å². The molecule has 0 spiro atoms. The molecule has 1 amide bonds. The molecule has 3 fully saturated rings. The highest BCUT2D eigenvalue weighted by molar-refractivity contribution is 5.67. The maximum atomic E-state index is 14.0. The van der Waals surface area contributed by atoms with E-state index in [1.807, 2.05) is 19.1 Å². The summed E-state index contributed by atoms with van der Waals surface area (Å²) in [6, 6.07) is 7.41. The number of amides is 1. The molecule has 4 rings (SSSR count). The molecular formula is C22H32FN3O3. The zero-order valence-corrected chi connectivity index (χ0v) is 17.2. The number of fused-ring (bicyclic) bond motifs is 1. The van der Waals surface area contributed by atoms with Crippen molar-refractivity contribution in [2.45, 2.75) is 32.4 Å². The van der Waals surface area contributed by atoms with Crippen molar-refractivity contribution in [3.8, 4) is 0 Å². The summed E-state index contributed by atoms with van der Waals surface area (Å²) in [6.45, 7) is 8.03.